The van der Waals surface area contributed by atoms with Gasteiger partial charge in [0.1, 0.15) is 12.4 Å². The Hall–Kier alpha value is -3.93. The van der Waals surface area contributed by atoms with E-state index < -0.39 is 0 Å². The van der Waals surface area contributed by atoms with E-state index in [4.69, 9.17) is 14.2 Å². The van der Waals surface area contributed by atoms with Crippen LogP contribution in [0.2, 0.25) is 0 Å². The Bertz CT molecular complexity index is 1260. The summed E-state index contributed by atoms with van der Waals surface area (Å²) in [5, 5.41) is 4.04. The summed E-state index contributed by atoms with van der Waals surface area (Å²) in [7, 11) is 3.23. The first-order valence-electron chi connectivity index (χ1n) is 11.3. The van der Waals surface area contributed by atoms with E-state index in [0.717, 1.165) is 39.0 Å². The third kappa shape index (κ3) is 5.52. The number of amides is 1. The molecule has 3 aromatic carbocycles. The van der Waals surface area contributed by atoms with Crippen molar-refractivity contribution in [2.75, 3.05) is 20.8 Å². The maximum Gasteiger partial charge on any atom is 0.224 e. The van der Waals surface area contributed by atoms with E-state index >= 15 is 0 Å². The van der Waals surface area contributed by atoms with Crippen molar-refractivity contribution < 1.29 is 19.0 Å². The number of ether oxygens (including phenoxy) is 3. The number of carbonyl (C=O) groups is 1. The first-order valence-corrected chi connectivity index (χ1v) is 11.3. The number of benzene rings is 3. The van der Waals surface area contributed by atoms with Crippen LogP contribution in [0.5, 0.6) is 17.2 Å². The highest BCUT2D eigenvalue weighted by Gasteiger charge is 2.14. The quantitative estimate of drug-likeness (QED) is 0.352. The van der Waals surface area contributed by atoms with Gasteiger partial charge < -0.3 is 24.5 Å². The van der Waals surface area contributed by atoms with Crippen LogP contribution >= 0.6 is 0 Å². The first kappa shape index (κ1) is 23.2. The molecule has 0 atom stereocenters. The van der Waals surface area contributed by atoms with Crippen LogP contribution in [-0.2, 0) is 24.2 Å². The number of nitrogens with one attached hydrogen (secondary N) is 2. The SMILES string of the molecule is COc1ccc(CCNC(=O)Cc2c(C)[nH]c3ccc(OCc4ccccc4)cc23)cc1OC. The Balaban J connectivity index is 1.38. The fourth-order valence-electron chi connectivity index (χ4n) is 4.03. The van der Waals surface area contributed by atoms with Crippen molar-refractivity contribution in [2.24, 2.45) is 0 Å². The Morgan fingerprint density at radius 2 is 1.71 bits per heavy atom. The van der Waals surface area contributed by atoms with E-state index in [1.165, 1.54) is 0 Å². The molecule has 0 aliphatic heterocycles. The van der Waals surface area contributed by atoms with Gasteiger partial charge in [0.15, 0.2) is 11.5 Å². The summed E-state index contributed by atoms with van der Waals surface area (Å²) >= 11 is 0. The lowest BCUT2D eigenvalue weighted by molar-refractivity contribution is -0.120. The standard InChI is InChI=1S/C28H30N2O4/c1-19-23(17-28(31)29-14-13-20-9-12-26(32-2)27(15-20)33-3)24-16-22(10-11-25(24)30-19)34-18-21-7-5-4-6-8-21/h4-12,15-16,30H,13-14,17-18H2,1-3H3,(H,29,31). The molecule has 2 N–H and O–H groups in total. The lowest BCUT2D eigenvalue weighted by Gasteiger charge is -2.10. The molecule has 1 amide bonds. The third-order valence-corrected chi connectivity index (χ3v) is 5.86. The maximum absolute atomic E-state index is 12.7. The molecule has 1 aromatic heterocycles. The minimum atomic E-state index is -0.0138. The molecule has 0 aliphatic rings. The second kappa shape index (κ2) is 10.8. The van der Waals surface area contributed by atoms with Crippen molar-refractivity contribution in [3.8, 4) is 17.2 Å². The monoisotopic (exact) mass is 458 g/mol. The van der Waals surface area contributed by atoms with Gasteiger partial charge in [0, 0.05) is 23.1 Å². The number of aromatic amines is 1. The molecule has 0 fully saturated rings. The topological polar surface area (TPSA) is 72.6 Å². The molecule has 0 radical (unpaired) electrons. The minimum Gasteiger partial charge on any atom is -0.493 e. The molecule has 0 unspecified atom stereocenters. The predicted octanol–water partition coefficient (Wildman–Crippen LogP) is 4.97. The zero-order valence-corrected chi connectivity index (χ0v) is 19.8. The van der Waals surface area contributed by atoms with Gasteiger partial charge in [0.05, 0.1) is 20.6 Å². The zero-order valence-electron chi connectivity index (χ0n) is 19.8. The maximum atomic E-state index is 12.7. The first-order chi connectivity index (χ1) is 16.6. The van der Waals surface area contributed by atoms with Crippen molar-refractivity contribution >= 4 is 16.8 Å². The van der Waals surface area contributed by atoms with Gasteiger partial charge in [0.25, 0.3) is 0 Å². The lowest BCUT2D eigenvalue weighted by atomic mass is 10.1. The number of methoxy groups -OCH3 is 2. The Morgan fingerprint density at radius 3 is 2.47 bits per heavy atom. The summed E-state index contributed by atoms with van der Waals surface area (Å²) in [6.45, 7) is 3.04. The van der Waals surface area contributed by atoms with Crippen LogP contribution in [0.25, 0.3) is 10.9 Å². The Morgan fingerprint density at radius 1 is 0.912 bits per heavy atom. The molecule has 4 aromatic rings. The largest absolute Gasteiger partial charge is 0.493 e. The van der Waals surface area contributed by atoms with Crippen molar-refractivity contribution in [3.05, 3.63) is 89.1 Å². The highest BCUT2D eigenvalue weighted by atomic mass is 16.5. The van der Waals surface area contributed by atoms with E-state index in [0.29, 0.717) is 37.5 Å². The van der Waals surface area contributed by atoms with Crippen molar-refractivity contribution in [1.29, 1.82) is 0 Å². The zero-order chi connectivity index (χ0) is 23.9. The molecule has 4 rings (SSSR count). The van der Waals surface area contributed by atoms with Gasteiger partial charge in [-0.15, -0.1) is 0 Å². The second-order valence-corrected chi connectivity index (χ2v) is 8.18. The molecular weight excluding hydrogens is 428 g/mol. The fourth-order valence-corrected chi connectivity index (χ4v) is 4.03. The van der Waals surface area contributed by atoms with Crippen LogP contribution in [0.15, 0.2) is 66.7 Å². The molecule has 0 bridgehead atoms. The van der Waals surface area contributed by atoms with E-state index in [9.17, 15) is 4.79 Å². The van der Waals surface area contributed by atoms with Gasteiger partial charge in [-0.1, -0.05) is 36.4 Å². The van der Waals surface area contributed by atoms with Crippen LogP contribution in [0.1, 0.15) is 22.4 Å². The van der Waals surface area contributed by atoms with E-state index in [1.54, 1.807) is 14.2 Å². The molecule has 6 nitrogen and oxygen atoms in total. The Labute approximate surface area is 199 Å². The predicted molar refractivity (Wildman–Crippen MR) is 134 cm³/mol. The van der Waals surface area contributed by atoms with Gasteiger partial charge in [-0.05, 0) is 60.4 Å². The molecule has 0 saturated carbocycles. The number of aryl methyl sites for hydroxylation is 1. The van der Waals surface area contributed by atoms with Gasteiger partial charge in [-0.3, -0.25) is 4.79 Å². The van der Waals surface area contributed by atoms with Crippen LogP contribution in [0.4, 0.5) is 0 Å². The molecule has 6 heteroatoms. The van der Waals surface area contributed by atoms with Gasteiger partial charge in [0.2, 0.25) is 5.91 Å². The van der Waals surface area contributed by atoms with Crippen LogP contribution in [0, 0.1) is 6.92 Å². The fraction of sp³-hybridized carbons (Fsp3) is 0.250. The minimum absolute atomic E-state index is 0.0138. The highest BCUT2D eigenvalue weighted by Crippen LogP contribution is 2.28. The average molecular weight is 459 g/mol. The Kier molecular flexibility index (Phi) is 7.38. The van der Waals surface area contributed by atoms with Crippen LogP contribution in [0.3, 0.4) is 0 Å². The molecule has 0 aliphatic carbocycles. The summed E-state index contributed by atoms with van der Waals surface area (Å²) in [5.41, 5.74) is 5.16. The molecule has 1 heterocycles. The van der Waals surface area contributed by atoms with Gasteiger partial charge in [-0.25, -0.2) is 0 Å². The van der Waals surface area contributed by atoms with Crippen molar-refractivity contribution in [2.45, 2.75) is 26.4 Å². The number of rotatable bonds is 10. The molecule has 0 spiro atoms. The molecule has 0 saturated heterocycles. The smallest absolute Gasteiger partial charge is 0.224 e. The van der Waals surface area contributed by atoms with Gasteiger partial charge in [-0.2, -0.15) is 0 Å². The molecule has 176 valence electrons. The van der Waals surface area contributed by atoms with E-state index in [-0.39, 0.29) is 5.91 Å². The average Bonchev–Trinajstić information content (AvgIpc) is 3.17. The summed E-state index contributed by atoms with van der Waals surface area (Å²) in [4.78, 5) is 16.1. The number of aromatic nitrogens is 1. The number of hydrogen-bond acceptors (Lipinski definition) is 4. The van der Waals surface area contributed by atoms with Crippen LogP contribution in [-0.4, -0.2) is 31.7 Å². The molecule has 34 heavy (non-hydrogen) atoms. The highest BCUT2D eigenvalue weighted by molar-refractivity contribution is 5.91. The van der Waals surface area contributed by atoms with Gasteiger partial charge >= 0.3 is 0 Å². The van der Waals surface area contributed by atoms with Crippen LogP contribution < -0.4 is 19.5 Å². The summed E-state index contributed by atoms with van der Waals surface area (Å²) in [6.07, 6.45) is 1.01. The second-order valence-electron chi connectivity index (χ2n) is 8.18. The third-order valence-electron chi connectivity index (χ3n) is 5.86. The van der Waals surface area contributed by atoms with E-state index in [2.05, 4.69) is 10.3 Å². The lowest BCUT2D eigenvalue weighted by Crippen LogP contribution is -2.27. The summed E-state index contributed by atoms with van der Waals surface area (Å²) in [5.74, 6) is 2.15. The normalized spacial score (nSPS) is 10.8. The molecular formula is C28H30N2O4. The van der Waals surface area contributed by atoms with Crippen molar-refractivity contribution in [1.82, 2.24) is 10.3 Å². The number of fused-ring (bicyclic) bond motifs is 1. The number of H-pyrrole nitrogens is 1. The number of carbonyl (C=O) groups excluding carboxylic acids is 1. The van der Waals surface area contributed by atoms with Crippen molar-refractivity contribution in [3.63, 3.8) is 0 Å². The number of hydrogen-bond donors (Lipinski definition) is 2. The van der Waals surface area contributed by atoms with E-state index in [1.807, 2.05) is 73.7 Å². The summed E-state index contributed by atoms with van der Waals surface area (Å²) < 4.78 is 16.6. The summed E-state index contributed by atoms with van der Waals surface area (Å²) in [6, 6.07) is 21.8.